The van der Waals surface area contributed by atoms with E-state index < -0.39 is 97.3 Å². The molecule has 0 spiro atoms. The molecule has 3 heterocycles. The minimum Gasteiger partial charge on any atom is -0.459 e. The standard InChI is InChI=1S/C61H54O14S/c1-39-22-20-21-35-48(39)76-61-54(66-36-40-23-8-2-9-24-40)52(50-47(70-61)38-68-59(74-50)45-33-18-7-19-34-45)75-60-53(73-58(65)44-31-16-6-17-32-44)51(72-57(64)43-29-14-5-15-30-43)49(71-56(63)42-27-12-4-13-28-42)46(69-60)37-67-55(62)41-25-10-3-11-26-41/h2-35,46-47,49-54,59-61H,36-38H2,1H3/t46-,47-,49+,50-,51+,52+,53-,54-,59?,60+,61+/m1/s1. The highest BCUT2D eigenvalue weighted by atomic mass is 32.2. The average Bonchev–Trinajstić information content (AvgIpc) is 3.54. The van der Waals surface area contributed by atoms with E-state index in [2.05, 4.69) is 0 Å². The summed E-state index contributed by atoms with van der Waals surface area (Å²) in [7, 11) is 0. The fourth-order valence-electron chi connectivity index (χ4n) is 9.12. The van der Waals surface area contributed by atoms with Crippen molar-refractivity contribution in [3.8, 4) is 0 Å². The third-order valence-electron chi connectivity index (χ3n) is 13.0. The van der Waals surface area contributed by atoms with Gasteiger partial charge in [0.1, 0.15) is 42.6 Å². The van der Waals surface area contributed by atoms with E-state index in [4.69, 9.17) is 47.4 Å². The van der Waals surface area contributed by atoms with Gasteiger partial charge >= 0.3 is 23.9 Å². The Morgan fingerprint density at radius 3 is 1.55 bits per heavy atom. The van der Waals surface area contributed by atoms with Crippen molar-refractivity contribution in [3.63, 3.8) is 0 Å². The maximum atomic E-state index is 14.6. The lowest BCUT2D eigenvalue weighted by molar-refractivity contribution is -0.368. The van der Waals surface area contributed by atoms with Crippen molar-refractivity contribution in [1.82, 2.24) is 0 Å². The van der Waals surface area contributed by atoms with Crippen LogP contribution in [0.5, 0.6) is 0 Å². The summed E-state index contributed by atoms with van der Waals surface area (Å²) in [5.41, 5.74) is 2.48. The van der Waals surface area contributed by atoms with E-state index in [-0.39, 0.29) is 35.5 Å². The zero-order valence-electron chi connectivity index (χ0n) is 41.2. The Kier molecular flexibility index (Phi) is 17.0. The van der Waals surface area contributed by atoms with E-state index in [9.17, 15) is 19.2 Å². The SMILES string of the molecule is Cc1ccccc1S[C@@H]1O[C@@H]2COC(c3ccccc3)O[C@H]2[C@H](O[C@@H]2O[C@H](COC(=O)c3ccccc3)[C@H](OC(=O)c3ccccc3)[C@H](OC(=O)c3ccccc3)[C@H]2OC(=O)c2ccccc2)[C@H]1OCc1ccccc1. The number of thioether (sulfide) groups is 1. The summed E-state index contributed by atoms with van der Waals surface area (Å²) < 4.78 is 66.6. The Balaban J connectivity index is 1.10. The van der Waals surface area contributed by atoms with Gasteiger partial charge in [-0.15, -0.1) is 0 Å². The van der Waals surface area contributed by atoms with Crippen LogP contribution in [0.4, 0.5) is 0 Å². The highest BCUT2D eigenvalue weighted by Crippen LogP contribution is 2.44. The van der Waals surface area contributed by atoms with E-state index >= 15 is 0 Å². The fourth-order valence-corrected chi connectivity index (χ4v) is 10.4. The molecule has 0 amide bonds. The van der Waals surface area contributed by atoms with Crippen LogP contribution in [0.15, 0.2) is 211 Å². The minimum atomic E-state index is -1.70. The number of ether oxygens (including phenoxy) is 10. The van der Waals surface area contributed by atoms with Gasteiger partial charge in [-0.05, 0) is 72.6 Å². The Bertz CT molecular complexity index is 3010. The molecule has 0 saturated carbocycles. The molecule has 0 aliphatic carbocycles. The Hall–Kier alpha value is -7.47. The molecule has 388 valence electrons. The molecule has 7 aromatic rings. The van der Waals surface area contributed by atoms with Crippen LogP contribution in [-0.2, 0) is 54.0 Å². The monoisotopic (exact) mass is 1040 g/mol. The van der Waals surface area contributed by atoms with Gasteiger partial charge in [0.25, 0.3) is 0 Å². The van der Waals surface area contributed by atoms with Gasteiger partial charge in [0.05, 0.1) is 35.5 Å². The molecule has 76 heavy (non-hydrogen) atoms. The van der Waals surface area contributed by atoms with Crippen LogP contribution >= 0.6 is 11.8 Å². The molecule has 15 heteroatoms. The van der Waals surface area contributed by atoms with Gasteiger partial charge in [-0.3, -0.25) is 0 Å². The molecule has 0 radical (unpaired) electrons. The van der Waals surface area contributed by atoms with Crippen LogP contribution < -0.4 is 0 Å². The summed E-state index contributed by atoms with van der Waals surface area (Å²) in [5.74, 6) is -3.24. The lowest BCUT2D eigenvalue weighted by atomic mass is 9.95. The normalized spacial score (nSPS) is 25.0. The molecular formula is C61H54O14S. The molecule has 3 saturated heterocycles. The van der Waals surface area contributed by atoms with E-state index in [0.29, 0.717) is 0 Å². The van der Waals surface area contributed by atoms with Gasteiger partial charge in [-0.1, -0.05) is 163 Å². The summed E-state index contributed by atoms with van der Waals surface area (Å²) in [6, 6.07) is 59.8. The smallest absolute Gasteiger partial charge is 0.338 e. The van der Waals surface area contributed by atoms with Crippen molar-refractivity contribution in [1.29, 1.82) is 0 Å². The third kappa shape index (κ3) is 12.6. The molecule has 1 unspecified atom stereocenters. The van der Waals surface area contributed by atoms with Crippen molar-refractivity contribution >= 4 is 35.6 Å². The van der Waals surface area contributed by atoms with Crippen molar-refractivity contribution in [3.05, 3.63) is 245 Å². The zero-order valence-corrected chi connectivity index (χ0v) is 42.0. The molecule has 0 bridgehead atoms. The second kappa shape index (κ2) is 24.9. The van der Waals surface area contributed by atoms with Crippen LogP contribution in [0.3, 0.4) is 0 Å². The maximum Gasteiger partial charge on any atom is 0.338 e. The number of fused-ring (bicyclic) bond motifs is 1. The van der Waals surface area contributed by atoms with Crippen LogP contribution in [0.25, 0.3) is 0 Å². The van der Waals surface area contributed by atoms with Gasteiger partial charge in [0.2, 0.25) is 0 Å². The van der Waals surface area contributed by atoms with Crippen molar-refractivity contribution in [2.75, 3.05) is 13.2 Å². The number of esters is 4. The summed E-state index contributed by atoms with van der Waals surface area (Å²) >= 11 is 1.43. The number of rotatable bonds is 17. The number of carbonyl (C=O) groups excluding carboxylic acids is 4. The molecule has 3 aliphatic rings. The first-order valence-electron chi connectivity index (χ1n) is 24.9. The molecule has 11 atom stereocenters. The molecule has 3 fully saturated rings. The zero-order chi connectivity index (χ0) is 52.2. The highest BCUT2D eigenvalue weighted by molar-refractivity contribution is 7.99. The second-order valence-electron chi connectivity index (χ2n) is 18.2. The van der Waals surface area contributed by atoms with Crippen molar-refractivity contribution < 1.29 is 66.5 Å². The summed E-state index contributed by atoms with van der Waals surface area (Å²) in [6.45, 7) is 1.63. The molecule has 7 aromatic carbocycles. The topological polar surface area (TPSA) is 161 Å². The molecule has 3 aliphatic heterocycles. The molecular weight excluding hydrogens is 989 g/mol. The molecule has 0 aromatic heterocycles. The lowest BCUT2D eigenvalue weighted by Crippen LogP contribution is -2.67. The van der Waals surface area contributed by atoms with Gasteiger partial charge < -0.3 is 47.4 Å². The first-order chi connectivity index (χ1) is 37.3. The predicted molar refractivity (Wildman–Crippen MR) is 278 cm³/mol. The van der Waals surface area contributed by atoms with Gasteiger partial charge in [0, 0.05) is 10.5 Å². The van der Waals surface area contributed by atoms with Crippen LogP contribution in [-0.4, -0.2) is 97.6 Å². The van der Waals surface area contributed by atoms with E-state index in [1.54, 1.807) is 121 Å². The second-order valence-corrected chi connectivity index (χ2v) is 19.3. The number of hydrogen-bond acceptors (Lipinski definition) is 15. The summed E-state index contributed by atoms with van der Waals surface area (Å²) in [5, 5.41) is 0. The van der Waals surface area contributed by atoms with Crippen LogP contribution in [0.1, 0.15) is 64.4 Å². The van der Waals surface area contributed by atoms with E-state index in [0.717, 1.165) is 21.6 Å². The van der Waals surface area contributed by atoms with Gasteiger partial charge in [-0.25, -0.2) is 19.2 Å². The largest absolute Gasteiger partial charge is 0.459 e. The molecule has 0 N–H and O–H groups in total. The number of carbonyl (C=O) groups is 4. The summed E-state index contributed by atoms with van der Waals surface area (Å²) in [6.07, 6.45) is -12.8. The van der Waals surface area contributed by atoms with Crippen LogP contribution in [0, 0.1) is 6.92 Å². The summed E-state index contributed by atoms with van der Waals surface area (Å²) in [4.78, 5) is 58.0. The van der Waals surface area contributed by atoms with Crippen LogP contribution in [0.2, 0.25) is 0 Å². The van der Waals surface area contributed by atoms with Crippen molar-refractivity contribution in [2.45, 2.75) is 85.3 Å². The minimum absolute atomic E-state index is 0.0746. The number of aryl methyl sites for hydroxylation is 1. The van der Waals surface area contributed by atoms with Crippen molar-refractivity contribution in [2.24, 2.45) is 0 Å². The first-order valence-corrected chi connectivity index (χ1v) is 25.8. The predicted octanol–water partition coefficient (Wildman–Crippen LogP) is 10.2. The van der Waals surface area contributed by atoms with Gasteiger partial charge in [-0.2, -0.15) is 0 Å². The Labute approximate surface area is 444 Å². The van der Waals surface area contributed by atoms with Gasteiger partial charge in [0.15, 0.2) is 30.9 Å². The van der Waals surface area contributed by atoms with E-state index in [1.165, 1.54) is 11.8 Å². The Morgan fingerprint density at radius 2 is 0.987 bits per heavy atom. The number of hydrogen-bond donors (Lipinski definition) is 0. The molecule has 10 rings (SSSR count). The third-order valence-corrected chi connectivity index (χ3v) is 14.3. The number of benzene rings is 7. The quantitative estimate of drug-likeness (QED) is 0.0626. The average molecular weight is 1040 g/mol. The van der Waals surface area contributed by atoms with E-state index in [1.807, 2.05) is 91.9 Å². The molecule has 14 nitrogen and oxygen atoms in total. The lowest BCUT2D eigenvalue weighted by Gasteiger charge is -2.51. The highest BCUT2D eigenvalue weighted by Gasteiger charge is 2.58. The first kappa shape index (κ1) is 52.0. The maximum absolute atomic E-state index is 14.6. The fraction of sp³-hybridized carbons (Fsp3) is 0.246. The Morgan fingerprint density at radius 1 is 0.500 bits per heavy atom.